The van der Waals surface area contributed by atoms with Gasteiger partial charge in [-0.25, -0.2) is 14.9 Å². The van der Waals surface area contributed by atoms with E-state index in [0.717, 1.165) is 25.7 Å². The molecule has 2 N–H and O–H groups in total. The first-order valence-electron chi connectivity index (χ1n) is 6.90. The molecular weight excluding hydrogens is 246 g/mol. The fraction of sp³-hybridized carbons (Fsp3) is 0.846. The van der Waals surface area contributed by atoms with E-state index in [1.165, 1.54) is 0 Å². The van der Waals surface area contributed by atoms with Gasteiger partial charge in [-0.15, -0.1) is 0 Å². The summed E-state index contributed by atoms with van der Waals surface area (Å²) in [4.78, 5) is 25.6. The number of nitrogens with one attached hydrogen (secondary N) is 2. The summed E-state index contributed by atoms with van der Waals surface area (Å²) in [6.45, 7) is 5.33. The molecule has 4 aliphatic rings. The van der Waals surface area contributed by atoms with Gasteiger partial charge in [0, 0.05) is 18.5 Å². The molecule has 0 aromatic heterocycles. The van der Waals surface area contributed by atoms with Crippen LogP contribution in [0.4, 0.5) is 9.59 Å². The van der Waals surface area contributed by atoms with Crippen LogP contribution in [0.1, 0.15) is 46.5 Å². The Morgan fingerprint density at radius 3 is 2.84 bits per heavy atom. The first-order valence-corrected chi connectivity index (χ1v) is 6.90. The molecule has 4 saturated heterocycles. The highest BCUT2D eigenvalue weighted by Gasteiger charge is 2.62. The third-order valence-electron chi connectivity index (χ3n) is 4.16. The highest BCUT2D eigenvalue weighted by atomic mass is 16.6. The van der Waals surface area contributed by atoms with Crippen molar-refractivity contribution in [3.63, 3.8) is 0 Å². The number of carbonyl (C=O) groups is 2. The topological polar surface area (TPSA) is 70.7 Å². The van der Waals surface area contributed by atoms with Gasteiger partial charge in [-0.3, -0.25) is 5.32 Å². The predicted octanol–water partition coefficient (Wildman–Crippen LogP) is 1.56. The molecule has 4 fully saturated rings. The third-order valence-corrected chi connectivity index (χ3v) is 4.16. The lowest BCUT2D eigenvalue weighted by atomic mass is 9.82. The van der Waals surface area contributed by atoms with Crippen LogP contribution in [-0.2, 0) is 4.74 Å². The standard InChI is InChI=1S/C13H21N3O3/c1-12(2,3)19-11(18)14-10(17)16-9-6-8-4-5-13(16,7-9)15-8/h8-9,15H,4-7H2,1-3H3,(H,14,17,18). The first-order chi connectivity index (χ1) is 8.79. The Hall–Kier alpha value is -1.30. The van der Waals surface area contributed by atoms with Crippen molar-refractivity contribution in [1.82, 2.24) is 15.5 Å². The second-order valence-corrected chi connectivity index (χ2v) is 6.81. The Morgan fingerprint density at radius 1 is 1.42 bits per heavy atom. The van der Waals surface area contributed by atoms with Crippen molar-refractivity contribution in [3.05, 3.63) is 0 Å². The summed E-state index contributed by atoms with van der Waals surface area (Å²) in [6.07, 6.45) is 3.42. The van der Waals surface area contributed by atoms with E-state index in [9.17, 15) is 9.59 Å². The molecule has 0 aliphatic carbocycles. The zero-order valence-corrected chi connectivity index (χ0v) is 11.7. The largest absolute Gasteiger partial charge is 0.443 e. The minimum Gasteiger partial charge on any atom is -0.443 e. The maximum absolute atomic E-state index is 12.2. The van der Waals surface area contributed by atoms with Crippen molar-refractivity contribution in [2.75, 3.05) is 0 Å². The summed E-state index contributed by atoms with van der Waals surface area (Å²) in [5.74, 6) is 0. The van der Waals surface area contributed by atoms with Gasteiger partial charge in [0.05, 0.1) is 5.66 Å². The summed E-state index contributed by atoms with van der Waals surface area (Å²) in [5, 5.41) is 5.83. The number of rotatable bonds is 0. The fourth-order valence-electron chi connectivity index (χ4n) is 3.61. The van der Waals surface area contributed by atoms with Crippen LogP contribution in [-0.4, -0.2) is 40.4 Å². The van der Waals surface area contributed by atoms with Crippen LogP contribution in [0.25, 0.3) is 0 Å². The summed E-state index contributed by atoms with van der Waals surface area (Å²) in [6, 6.07) is 0.485. The highest BCUT2D eigenvalue weighted by molar-refractivity contribution is 5.92. The second-order valence-electron chi connectivity index (χ2n) is 6.81. The second kappa shape index (κ2) is 3.85. The molecule has 0 aromatic rings. The molecule has 0 saturated carbocycles. The number of amides is 3. The van der Waals surface area contributed by atoms with Crippen LogP contribution in [0.15, 0.2) is 0 Å². The molecule has 3 unspecified atom stereocenters. The Kier molecular flexibility index (Phi) is 2.58. The van der Waals surface area contributed by atoms with Gasteiger partial charge in [0.15, 0.2) is 0 Å². The van der Waals surface area contributed by atoms with E-state index >= 15 is 0 Å². The highest BCUT2D eigenvalue weighted by Crippen LogP contribution is 2.49. The van der Waals surface area contributed by atoms with Gasteiger partial charge in [-0.2, -0.15) is 0 Å². The SMILES string of the molecule is CC(C)(C)OC(=O)NC(=O)N1C2CC3CCC1(C2)N3. The third kappa shape index (κ3) is 2.08. The van der Waals surface area contributed by atoms with Crippen molar-refractivity contribution in [1.29, 1.82) is 0 Å². The van der Waals surface area contributed by atoms with E-state index in [2.05, 4.69) is 10.6 Å². The molecule has 0 radical (unpaired) electrons. The van der Waals surface area contributed by atoms with Crippen LogP contribution in [0, 0.1) is 0 Å². The van der Waals surface area contributed by atoms with Crippen molar-refractivity contribution in [2.24, 2.45) is 0 Å². The summed E-state index contributed by atoms with van der Waals surface area (Å²) in [5.41, 5.74) is -0.788. The van der Waals surface area contributed by atoms with Crippen molar-refractivity contribution < 1.29 is 14.3 Å². The number of alkyl carbamates (subject to hydrolysis) is 1. The lowest BCUT2D eigenvalue weighted by Crippen LogP contribution is -2.78. The lowest BCUT2D eigenvalue weighted by molar-refractivity contribution is -0.0774. The molecule has 106 valence electrons. The van der Waals surface area contributed by atoms with Crippen LogP contribution >= 0.6 is 0 Å². The number of urea groups is 1. The molecule has 3 atom stereocenters. The van der Waals surface area contributed by atoms with Crippen LogP contribution in [0.3, 0.4) is 0 Å². The molecule has 4 heterocycles. The van der Waals surface area contributed by atoms with Crippen molar-refractivity contribution in [2.45, 2.75) is 69.8 Å². The Balaban J connectivity index is 1.62. The number of hydrogen-bond acceptors (Lipinski definition) is 4. The normalized spacial score (nSPS) is 35.6. The van der Waals surface area contributed by atoms with Gasteiger partial charge < -0.3 is 9.64 Å². The number of imide groups is 1. The molecule has 4 aliphatic heterocycles. The van der Waals surface area contributed by atoms with Gasteiger partial charge in [0.2, 0.25) is 0 Å². The smallest absolute Gasteiger partial charge is 0.415 e. The molecule has 6 heteroatoms. The molecule has 3 bridgehead atoms. The Morgan fingerprint density at radius 2 is 2.16 bits per heavy atom. The van der Waals surface area contributed by atoms with Gasteiger partial charge in [-0.05, 0) is 40.0 Å². The molecule has 1 spiro atoms. The quantitative estimate of drug-likeness (QED) is 0.698. The summed E-state index contributed by atoms with van der Waals surface area (Å²) < 4.78 is 5.11. The number of carbonyl (C=O) groups excluding carboxylic acids is 2. The van der Waals surface area contributed by atoms with E-state index < -0.39 is 11.7 Å². The zero-order chi connectivity index (χ0) is 13.8. The number of ether oxygens (including phenoxy) is 1. The van der Waals surface area contributed by atoms with Crippen molar-refractivity contribution in [3.8, 4) is 0 Å². The fourth-order valence-corrected chi connectivity index (χ4v) is 3.61. The maximum atomic E-state index is 12.2. The summed E-state index contributed by atoms with van der Waals surface area (Å²) in [7, 11) is 0. The van der Waals surface area contributed by atoms with E-state index in [1.807, 2.05) is 0 Å². The minimum absolute atomic E-state index is 0.195. The van der Waals surface area contributed by atoms with Crippen LogP contribution < -0.4 is 10.6 Å². The zero-order valence-electron chi connectivity index (χ0n) is 11.7. The number of hydrogen-bond donors (Lipinski definition) is 2. The average Bonchev–Trinajstić information content (AvgIpc) is 2.47. The van der Waals surface area contributed by atoms with Gasteiger partial charge >= 0.3 is 12.1 Å². The molecule has 4 rings (SSSR count). The van der Waals surface area contributed by atoms with E-state index in [1.54, 1.807) is 25.7 Å². The van der Waals surface area contributed by atoms with Gasteiger partial charge in [0.1, 0.15) is 5.60 Å². The Bertz CT molecular complexity index is 425. The average molecular weight is 267 g/mol. The Labute approximate surface area is 112 Å². The molecule has 3 amide bonds. The first kappa shape index (κ1) is 12.7. The predicted molar refractivity (Wildman–Crippen MR) is 68.5 cm³/mol. The monoisotopic (exact) mass is 267 g/mol. The van der Waals surface area contributed by atoms with E-state index in [-0.39, 0.29) is 17.7 Å². The van der Waals surface area contributed by atoms with E-state index in [0.29, 0.717) is 6.04 Å². The minimum atomic E-state index is -0.673. The van der Waals surface area contributed by atoms with Crippen LogP contribution in [0.2, 0.25) is 0 Å². The van der Waals surface area contributed by atoms with Gasteiger partial charge in [0.25, 0.3) is 0 Å². The number of nitrogens with zero attached hydrogens (tertiary/aromatic N) is 1. The number of piperidine rings is 1. The maximum Gasteiger partial charge on any atom is 0.415 e. The lowest BCUT2D eigenvalue weighted by Gasteiger charge is -2.60. The summed E-state index contributed by atoms with van der Waals surface area (Å²) >= 11 is 0. The molecule has 6 nitrogen and oxygen atoms in total. The van der Waals surface area contributed by atoms with Crippen molar-refractivity contribution >= 4 is 12.1 Å². The molecular formula is C13H21N3O3. The van der Waals surface area contributed by atoms with Gasteiger partial charge in [-0.1, -0.05) is 0 Å². The molecule has 19 heavy (non-hydrogen) atoms. The van der Waals surface area contributed by atoms with Crippen LogP contribution in [0.5, 0.6) is 0 Å². The van der Waals surface area contributed by atoms with E-state index in [4.69, 9.17) is 4.74 Å². The molecule has 0 aromatic carbocycles.